The van der Waals surface area contributed by atoms with Gasteiger partial charge in [0.1, 0.15) is 11.5 Å². The van der Waals surface area contributed by atoms with Crippen LogP contribution in [0.25, 0.3) is 0 Å². The molecule has 0 amide bonds. The maximum atomic E-state index is 14.2. The molecule has 2 nitrogen and oxygen atoms in total. The van der Waals surface area contributed by atoms with Crippen molar-refractivity contribution in [2.45, 2.75) is 52.4 Å². The Kier molecular flexibility index (Phi) is 7.15. The summed E-state index contributed by atoms with van der Waals surface area (Å²) in [6.07, 6.45) is 2.92. The van der Waals surface area contributed by atoms with Crippen LogP contribution in [0.1, 0.15) is 50.3 Å². The first kappa shape index (κ1) is 21.9. The second-order valence-electron chi connectivity index (χ2n) is 8.33. The molecule has 3 heteroatoms. The van der Waals surface area contributed by atoms with Gasteiger partial charge >= 0.3 is 0 Å². The van der Waals surface area contributed by atoms with Crippen LogP contribution in [0.2, 0.25) is 0 Å². The van der Waals surface area contributed by atoms with Gasteiger partial charge in [-0.1, -0.05) is 50.2 Å². The minimum Gasteiger partial charge on any atom is -0.494 e. The van der Waals surface area contributed by atoms with Gasteiger partial charge in [-0.25, -0.2) is 4.39 Å². The molecular formula is C27H31FO2. The highest BCUT2D eigenvalue weighted by atomic mass is 19.1. The molecule has 0 aliphatic rings. The van der Waals surface area contributed by atoms with Crippen LogP contribution in [-0.4, -0.2) is 6.61 Å². The maximum absolute atomic E-state index is 14.2. The molecule has 0 atom stereocenters. The number of rotatable bonds is 9. The number of hydrogen-bond acceptors (Lipinski definition) is 2. The summed E-state index contributed by atoms with van der Waals surface area (Å²) in [5.41, 5.74) is 3.62. The lowest BCUT2D eigenvalue weighted by Gasteiger charge is -2.26. The summed E-state index contributed by atoms with van der Waals surface area (Å²) in [5, 5.41) is 0. The van der Waals surface area contributed by atoms with Crippen molar-refractivity contribution in [3.8, 4) is 17.2 Å². The first-order valence-corrected chi connectivity index (χ1v) is 10.6. The maximum Gasteiger partial charge on any atom is 0.165 e. The highest BCUT2D eigenvalue weighted by Crippen LogP contribution is 2.33. The highest BCUT2D eigenvalue weighted by Gasteiger charge is 2.21. The predicted molar refractivity (Wildman–Crippen MR) is 121 cm³/mol. The van der Waals surface area contributed by atoms with Crippen LogP contribution in [0.15, 0.2) is 66.7 Å². The van der Waals surface area contributed by atoms with Crippen LogP contribution in [0.3, 0.4) is 0 Å². The summed E-state index contributed by atoms with van der Waals surface area (Å²) in [4.78, 5) is 0. The standard InChI is InChI=1S/C27H31FO2/c1-5-29-25-16-14-22(18-20(25)2)27(3,4)17-9-10-21-13-15-24(28)26(19-21)30-23-11-7-6-8-12-23/h6-8,11-16,18-19H,5,9-10,17H2,1-4H3. The topological polar surface area (TPSA) is 18.5 Å². The van der Waals surface area contributed by atoms with Gasteiger partial charge in [0.05, 0.1) is 6.61 Å². The van der Waals surface area contributed by atoms with Crippen molar-refractivity contribution in [2.24, 2.45) is 0 Å². The molecule has 0 saturated carbocycles. The van der Waals surface area contributed by atoms with Gasteiger partial charge in [-0.2, -0.15) is 0 Å². The molecule has 0 aliphatic heterocycles. The van der Waals surface area contributed by atoms with Gasteiger partial charge in [0.25, 0.3) is 0 Å². The lowest BCUT2D eigenvalue weighted by atomic mass is 9.79. The molecule has 30 heavy (non-hydrogen) atoms. The van der Waals surface area contributed by atoms with Crippen LogP contribution in [0, 0.1) is 12.7 Å². The van der Waals surface area contributed by atoms with Crippen molar-refractivity contribution >= 4 is 0 Å². The zero-order chi connectivity index (χ0) is 21.6. The van der Waals surface area contributed by atoms with Crippen LogP contribution in [-0.2, 0) is 11.8 Å². The van der Waals surface area contributed by atoms with E-state index in [1.54, 1.807) is 0 Å². The van der Waals surface area contributed by atoms with E-state index in [4.69, 9.17) is 9.47 Å². The summed E-state index contributed by atoms with van der Waals surface area (Å²) in [6, 6.07) is 20.9. The number of ether oxygens (including phenoxy) is 2. The third-order valence-corrected chi connectivity index (χ3v) is 5.49. The molecule has 0 heterocycles. The summed E-state index contributed by atoms with van der Waals surface area (Å²) in [5.74, 6) is 1.53. The number of aryl methyl sites for hydroxylation is 2. The van der Waals surface area contributed by atoms with Crippen molar-refractivity contribution < 1.29 is 13.9 Å². The van der Waals surface area contributed by atoms with E-state index in [-0.39, 0.29) is 17.0 Å². The van der Waals surface area contributed by atoms with Crippen LogP contribution in [0.4, 0.5) is 4.39 Å². The molecule has 0 aliphatic carbocycles. The quantitative estimate of drug-likeness (QED) is 0.364. The Morgan fingerprint density at radius 2 is 1.67 bits per heavy atom. The fraction of sp³-hybridized carbons (Fsp3) is 0.333. The van der Waals surface area contributed by atoms with Gasteiger partial charge in [0.15, 0.2) is 11.6 Å². The molecule has 0 radical (unpaired) electrons. The molecule has 0 N–H and O–H groups in total. The van der Waals surface area contributed by atoms with E-state index in [0.717, 1.165) is 30.6 Å². The molecule has 3 rings (SSSR count). The third kappa shape index (κ3) is 5.63. The minimum atomic E-state index is -0.340. The summed E-state index contributed by atoms with van der Waals surface area (Å²) in [7, 11) is 0. The van der Waals surface area contributed by atoms with Gasteiger partial charge in [0, 0.05) is 0 Å². The highest BCUT2D eigenvalue weighted by molar-refractivity contribution is 5.39. The minimum absolute atomic E-state index is 0.0545. The Labute approximate surface area is 179 Å². The first-order chi connectivity index (χ1) is 14.4. The van der Waals surface area contributed by atoms with E-state index in [1.807, 2.05) is 49.4 Å². The van der Waals surface area contributed by atoms with Gasteiger partial charge in [-0.3, -0.25) is 0 Å². The monoisotopic (exact) mass is 406 g/mol. The molecule has 0 unspecified atom stereocenters. The predicted octanol–water partition coefficient (Wildman–Crippen LogP) is 7.63. The fourth-order valence-electron chi connectivity index (χ4n) is 3.66. The van der Waals surface area contributed by atoms with Crippen molar-refractivity contribution in [2.75, 3.05) is 6.61 Å². The Hall–Kier alpha value is -2.81. The number of hydrogen-bond donors (Lipinski definition) is 0. The average molecular weight is 407 g/mol. The largest absolute Gasteiger partial charge is 0.494 e. The molecule has 0 saturated heterocycles. The number of benzene rings is 3. The van der Waals surface area contributed by atoms with E-state index in [9.17, 15) is 4.39 Å². The van der Waals surface area contributed by atoms with Crippen LogP contribution >= 0.6 is 0 Å². The van der Waals surface area contributed by atoms with Gasteiger partial charge in [-0.05, 0) is 85.5 Å². The van der Waals surface area contributed by atoms with Gasteiger partial charge in [0.2, 0.25) is 0 Å². The van der Waals surface area contributed by atoms with E-state index < -0.39 is 0 Å². The van der Waals surface area contributed by atoms with Gasteiger partial charge < -0.3 is 9.47 Å². The first-order valence-electron chi connectivity index (χ1n) is 10.6. The molecule has 3 aromatic rings. The molecule has 0 aromatic heterocycles. The number of halogens is 1. The SMILES string of the molecule is CCOc1ccc(C(C)(C)CCCc2ccc(F)c(Oc3ccccc3)c2)cc1C. The van der Waals surface area contributed by atoms with E-state index in [2.05, 4.69) is 39.0 Å². The third-order valence-electron chi connectivity index (χ3n) is 5.49. The summed E-state index contributed by atoms with van der Waals surface area (Å²) >= 11 is 0. The normalized spacial score (nSPS) is 11.4. The molecule has 0 bridgehead atoms. The summed E-state index contributed by atoms with van der Waals surface area (Å²) in [6.45, 7) is 9.32. The van der Waals surface area contributed by atoms with Crippen LogP contribution < -0.4 is 9.47 Å². The smallest absolute Gasteiger partial charge is 0.165 e. The second-order valence-corrected chi connectivity index (χ2v) is 8.33. The van der Waals surface area contributed by atoms with Crippen molar-refractivity contribution in [1.82, 2.24) is 0 Å². The Morgan fingerprint density at radius 1 is 0.900 bits per heavy atom. The fourth-order valence-corrected chi connectivity index (χ4v) is 3.66. The molecule has 158 valence electrons. The molecular weight excluding hydrogens is 375 g/mol. The zero-order valence-electron chi connectivity index (χ0n) is 18.4. The molecule has 3 aromatic carbocycles. The second kappa shape index (κ2) is 9.80. The van der Waals surface area contributed by atoms with E-state index in [0.29, 0.717) is 12.4 Å². The van der Waals surface area contributed by atoms with E-state index in [1.165, 1.54) is 17.2 Å². The van der Waals surface area contributed by atoms with E-state index >= 15 is 0 Å². The Bertz CT molecular complexity index is 964. The summed E-state index contributed by atoms with van der Waals surface area (Å²) < 4.78 is 25.6. The van der Waals surface area contributed by atoms with Crippen molar-refractivity contribution in [3.63, 3.8) is 0 Å². The molecule has 0 fully saturated rings. The average Bonchev–Trinajstić information content (AvgIpc) is 2.72. The van der Waals surface area contributed by atoms with Gasteiger partial charge in [-0.15, -0.1) is 0 Å². The lowest BCUT2D eigenvalue weighted by Crippen LogP contribution is -2.17. The Morgan fingerprint density at radius 3 is 2.37 bits per heavy atom. The van der Waals surface area contributed by atoms with Crippen molar-refractivity contribution in [1.29, 1.82) is 0 Å². The molecule has 0 spiro atoms. The zero-order valence-corrected chi connectivity index (χ0v) is 18.4. The number of para-hydroxylation sites is 1. The van der Waals surface area contributed by atoms with Crippen molar-refractivity contribution in [3.05, 3.63) is 89.2 Å². The Balaban J connectivity index is 1.63. The lowest BCUT2D eigenvalue weighted by molar-refractivity contribution is 0.337. The van der Waals surface area contributed by atoms with Crippen LogP contribution in [0.5, 0.6) is 17.2 Å².